The fourth-order valence-electron chi connectivity index (χ4n) is 2.55. The highest BCUT2D eigenvalue weighted by Gasteiger charge is 2.31. The van der Waals surface area contributed by atoms with Gasteiger partial charge in [-0.1, -0.05) is 19.9 Å². The first-order chi connectivity index (χ1) is 7.07. The van der Waals surface area contributed by atoms with E-state index in [9.17, 15) is 0 Å². The molecule has 1 nitrogen and oxygen atoms in total. The van der Waals surface area contributed by atoms with Gasteiger partial charge in [0.25, 0.3) is 0 Å². The van der Waals surface area contributed by atoms with Crippen LogP contribution in [0.4, 0.5) is 0 Å². The number of hydrogen-bond acceptors (Lipinski definition) is 2. The van der Waals surface area contributed by atoms with Crippen LogP contribution in [0.3, 0.4) is 0 Å². The minimum atomic E-state index is 0.518. The lowest BCUT2D eigenvalue weighted by Gasteiger charge is -2.21. The van der Waals surface area contributed by atoms with Crippen molar-refractivity contribution in [3.8, 4) is 0 Å². The molecule has 0 aromatic carbocycles. The van der Waals surface area contributed by atoms with Crippen LogP contribution in [-0.4, -0.2) is 6.04 Å². The molecule has 2 unspecified atom stereocenters. The summed E-state index contributed by atoms with van der Waals surface area (Å²) in [5.41, 5.74) is 0.548. The molecule has 0 radical (unpaired) electrons. The monoisotopic (exact) mass is 223 g/mol. The number of hydrogen-bond donors (Lipinski definition) is 1. The Morgan fingerprint density at radius 1 is 1.53 bits per heavy atom. The summed E-state index contributed by atoms with van der Waals surface area (Å²) in [7, 11) is 0. The minimum absolute atomic E-state index is 0.518. The van der Waals surface area contributed by atoms with Crippen molar-refractivity contribution in [2.45, 2.75) is 52.1 Å². The molecule has 2 heteroatoms. The van der Waals surface area contributed by atoms with Gasteiger partial charge in [-0.15, -0.1) is 11.3 Å². The van der Waals surface area contributed by atoms with Crippen molar-refractivity contribution in [3.05, 3.63) is 22.4 Å². The molecule has 1 heterocycles. The minimum Gasteiger partial charge on any atom is -0.307 e. The zero-order chi connectivity index (χ0) is 10.9. The molecule has 2 rings (SSSR count). The van der Waals surface area contributed by atoms with Gasteiger partial charge in [0.1, 0.15) is 0 Å². The second-order valence-corrected chi connectivity index (χ2v) is 6.49. The summed E-state index contributed by atoms with van der Waals surface area (Å²) in [6.07, 6.45) is 4.02. The number of thiophene rings is 1. The summed E-state index contributed by atoms with van der Waals surface area (Å²) >= 11 is 1.85. The van der Waals surface area contributed by atoms with E-state index in [-0.39, 0.29) is 0 Å². The van der Waals surface area contributed by atoms with Gasteiger partial charge < -0.3 is 5.32 Å². The van der Waals surface area contributed by atoms with Crippen LogP contribution in [0.5, 0.6) is 0 Å². The van der Waals surface area contributed by atoms with Crippen LogP contribution in [0, 0.1) is 5.41 Å². The average molecular weight is 223 g/mol. The first-order valence-electron chi connectivity index (χ1n) is 5.86. The Morgan fingerprint density at radius 3 is 2.87 bits per heavy atom. The quantitative estimate of drug-likeness (QED) is 0.817. The number of rotatable bonds is 3. The van der Waals surface area contributed by atoms with E-state index in [4.69, 9.17) is 0 Å². The van der Waals surface area contributed by atoms with Crippen molar-refractivity contribution < 1.29 is 0 Å². The Morgan fingerprint density at radius 2 is 2.33 bits per heavy atom. The molecule has 0 saturated heterocycles. The van der Waals surface area contributed by atoms with Crippen molar-refractivity contribution in [2.24, 2.45) is 5.41 Å². The van der Waals surface area contributed by atoms with E-state index in [1.807, 2.05) is 11.3 Å². The topological polar surface area (TPSA) is 12.0 Å². The van der Waals surface area contributed by atoms with E-state index < -0.39 is 0 Å². The van der Waals surface area contributed by atoms with Gasteiger partial charge in [0.2, 0.25) is 0 Å². The zero-order valence-electron chi connectivity index (χ0n) is 9.92. The maximum absolute atomic E-state index is 3.75. The number of nitrogens with one attached hydrogen (secondary N) is 1. The predicted octanol–water partition coefficient (Wildman–Crippen LogP) is 3.98. The molecular weight excluding hydrogens is 202 g/mol. The molecule has 1 saturated carbocycles. The van der Waals surface area contributed by atoms with Gasteiger partial charge in [0.05, 0.1) is 0 Å². The molecule has 0 bridgehead atoms. The maximum atomic E-state index is 3.75. The highest BCUT2D eigenvalue weighted by atomic mass is 32.1. The Labute approximate surface area is 96.9 Å². The Kier molecular flexibility index (Phi) is 3.17. The van der Waals surface area contributed by atoms with Crippen molar-refractivity contribution >= 4 is 11.3 Å². The van der Waals surface area contributed by atoms with E-state index in [2.05, 4.69) is 43.6 Å². The molecule has 1 aromatic rings. The SMILES string of the molecule is CC(NC1CCC(C)(C)C1)c1cccs1. The molecule has 1 aromatic heterocycles. The van der Waals surface area contributed by atoms with E-state index in [1.165, 1.54) is 24.1 Å². The third kappa shape index (κ3) is 2.82. The highest BCUT2D eigenvalue weighted by Crippen LogP contribution is 2.37. The van der Waals surface area contributed by atoms with Crippen LogP contribution < -0.4 is 5.32 Å². The lowest BCUT2D eigenvalue weighted by Crippen LogP contribution is -2.29. The van der Waals surface area contributed by atoms with E-state index in [0.717, 1.165) is 6.04 Å². The molecule has 84 valence electrons. The van der Waals surface area contributed by atoms with Crippen LogP contribution in [0.1, 0.15) is 51.0 Å². The van der Waals surface area contributed by atoms with E-state index in [1.54, 1.807) is 0 Å². The van der Waals surface area contributed by atoms with Crippen molar-refractivity contribution in [2.75, 3.05) is 0 Å². The van der Waals surface area contributed by atoms with Gasteiger partial charge in [0.15, 0.2) is 0 Å². The highest BCUT2D eigenvalue weighted by molar-refractivity contribution is 7.10. The van der Waals surface area contributed by atoms with E-state index >= 15 is 0 Å². The molecular formula is C13H21NS. The van der Waals surface area contributed by atoms with Crippen LogP contribution in [0.25, 0.3) is 0 Å². The summed E-state index contributed by atoms with van der Waals surface area (Å²) in [6.45, 7) is 7.03. The molecule has 15 heavy (non-hydrogen) atoms. The third-order valence-electron chi connectivity index (χ3n) is 3.42. The molecule has 1 fully saturated rings. The van der Waals surface area contributed by atoms with Crippen LogP contribution >= 0.6 is 11.3 Å². The molecule has 0 amide bonds. The average Bonchev–Trinajstić information content (AvgIpc) is 2.74. The van der Waals surface area contributed by atoms with Gasteiger partial charge in [-0.3, -0.25) is 0 Å². The maximum Gasteiger partial charge on any atom is 0.0388 e. The normalized spacial score (nSPS) is 26.7. The lowest BCUT2D eigenvalue weighted by atomic mass is 9.92. The van der Waals surface area contributed by atoms with Crippen molar-refractivity contribution in [1.82, 2.24) is 5.32 Å². The van der Waals surface area contributed by atoms with Crippen molar-refractivity contribution in [3.63, 3.8) is 0 Å². The van der Waals surface area contributed by atoms with Crippen LogP contribution in [-0.2, 0) is 0 Å². The molecule has 2 atom stereocenters. The van der Waals surface area contributed by atoms with E-state index in [0.29, 0.717) is 11.5 Å². The van der Waals surface area contributed by atoms with Gasteiger partial charge in [-0.2, -0.15) is 0 Å². The summed E-state index contributed by atoms with van der Waals surface area (Å²) in [6, 6.07) is 5.60. The van der Waals surface area contributed by atoms with Gasteiger partial charge in [-0.25, -0.2) is 0 Å². The molecule has 1 N–H and O–H groups in total. The third-order valence-corrected chi connectivity index (χ3v) is 4.48. The largest absolute Gasteiger partial charge is 0.307 e. The predicted molar refractivity (Wildman–Crippen MR) is 67.3 cm³/mol. The standard InChI is InChI=1S/C13H21NS/c1-10(12-5-4-8-15-12)14-11-6-7-13(2,3)9-11/h4-5,8,10-11,14H,6-7,9H2,1-3H3. The first-order valence-corrected chi connectivity index (χ1v) is 6.74. The summed E-state index contributed by atoms with van der Waals surface area (Å²) < 4.78 is 0. The smallest absolute Gasteiger partial charge is 0.0388 e. The van der Waals surface area contributed by atoms with Crippen LogP contribution in [0.2, 0.25) is 0 Å². The van der Waals surface area contributed by atoms with Gasteiger partial charge >= 0.3 is 0 Å². The van der Waals surface area contributed by atoms with Crippen LogP contribution in [0.15, 0.2) is 17.5 Å². The van der Waals surface area contributed by atoms with Gasteiger partial charge in [0, 0.05) is 17.0 Å². The Balaban J connectivity index is 1.88. The van der Waals surface area contributed by atoms with Crippen molar-refractivity contribution in [1.29, 1.82) is 0 Å². The summed E-state index contributed by atoms with van der Waals surface area (Å²) in [5.74, 6) is 0. The fraction of sp³-hybridized carbons (Fsp3) is 0.692. The molecule has 1 aliphatic carbocycles. The molecule has 0 spiro atoms. The fourth-order valence-corrected chi connectivity index (χ4v) is 3.30. The Hall–Kier alpha value is -0.340. The second-order valence-electron chi connectivity index (χ2n) is 5.51. The summed E-state index contributed by atoms with van der Waals surface area (Å²) in [4.78, 5) is 1.46. The zero-order valence-corrected chi connectivity index (χ0v) is 10.7. The molecule has 1 aliphatic rings. The summed E-state index contributed by atoms with van der Waals surface area (Å²) in [5, 5.41) is 5.91. The Bertz CT molecular complexity index is 302. The second kappa shape index (κ2) is 4.26. The van der Waals surface area contributed by atoms with Gasteiger partial charge in [-0.05, 0) is 43.0 Å². The lowest BCUT2D eigenvalue weighted by molar-refractivity contribution is 0.357. The first kappa shape index (κ1) is 11.2. The molecule has 0 aliphatic heterocycles.